The van der Waals surface area contributed by atoms with Crippen LogP contribution in [-0.2, 0) is 0 Å². The molecule has 0 radical (unpaired) electrons. The lowest BCUT2D eigenvalue weighted by atomic mass is 10.8. The standard InChI is InChI=1S/C6H12N2.2C2H6/c1-4-7-6-8(3)5-2;2*1-2/h5-6H,2,4H2,1,3H3;2*1-2H3. The second-order valence-electron chi connectivity index (χ2n) is 1.46. The lowest BCUT2D eigenvalue weighted by molar-refractivity contribution is 0.708. The van der Waals surface area contributed by atoms with Crippen molar-refractivity contribution in [3.8, 4) is 0 Å². The van der Waals surface area contributed by atoms with Gasteiger partial charge in [-0.15, -0.1) is 0 Å². The monoisotopic (exact) mass is 172 g/mol. The predicted octanol–water partition coefficient (Wildman–Crippen LogP) is 3.16. The molecule has 0 heterocycles. The molecule has 0 aliphatic carbocycles. The molecule has 0 aromatic carbocycles. The fourth-order valence-electron chi connectivity index (χ4n) is 0.258. The summed E-state index contributed by atoms with van der Waals surface area (Å²) in [5.41, 5.74) is 0. The molecule has 0 spiro atoms. The van der Waals surface area contributed by atoms with E-state index in [9.17, 15) is 0 Å². The van der Waals surface area contributed by atoms with E-state index in [4.69, 9.17) is 0 Å². The smallest absolute Gasteiger partial charge is 0.0886 e. The third-order valence-electron chi connectivity index (χ3n) is 0.734. The van der Waals surface area contributed by atoms with Gasteiger partial charge in [-0.3, -0.25) is 4.99 Å². The van der Waals surface area contributed by atoms with Crippen molar-refractivity contribution in [3.63, 3.8) is 0 Å². The Morgan fingerprint density at radius 3 is 1.92 bits per heavy atom. The molecule has 2 nitrogen and oxygen atoms in total. The molecule has 0 rings (SSSR count). The van der Waals surface area contributed by atoms with Gasteiger partial charge in [0, 0.05) is 13.6 Å². The first-order valence-corrected chi connectivity index (χ1v) is 4.65. The van der Waals surface area contributed by atoms with E-state index in [1.165, 1.54) is 0 Å². The Hall–Kier alpha value is -0.790. The summed E-state index contributed by atoms with van der Waals surface area (Å²) < 4.78 is 0. The summed E-state index contributed by atoms with van der Waals surface area (Å²) in [5.74, 6) is 0. The molecule has 0 aromatic heterocycles. The number of hydrogen-bond acceptors (Lipinski definition) is 1. The Labute approximate surface area is 78.0 Å². The molecule has 0 fully saturated rings. The number of rotatable bonds is 3. The van der Waals surface area contributed by atoms with Crippen molar-refractivity contribution in [2.75, 3.05) is 13.6 Å². The van der Waals surface area contributed by atoms with E-state index in [1.807, 2.05) is 46.6 Å². The van der Waals surface area contributed by atoms with Crippen LogP contribution in [0.3, 0.4) is 0 Å². The van der Waals surface area contributed by atoms with Crippen LogP contribution in [0.4, 0.5) is 0 Å². The highest BCUT2D eigenvalue weighted by Gasteiger charge is 1.74. The van der Waals surface area contributed by atoms with Gasteiger partial charge >= 0.3 is 0 Å². The first-order chi connectivity index (χ1) is 5.81. The SMILES string of the molecule is C=CN(C)C=NCC.CC.CC. The van der Waals surface area contributed by atoms with Crippen molar-refractivity contribution in [1.29, 1.82) is 0 Å². The average molecular weight is 172 g/mol. The molecule has 0 saturated heterocycles. The molecule has 0 amide bonds. The third kappa shape index (κ3) is 22.9. The van der Waals surface area contributed by atoms with Crippen LogP contribution in [0.1, 0.15) is 34.6 Å². The third-order valence-corrected chi connectivity index (χ3v) is 0.734. The maximum atomic E-state index is 3.97. The largest absolute Gasteiger partial charge is 0.343 e. The molecule has 0 aromatic rings. The van der Waals surface area contributed by atoms with Crippen molar-refractivity contribution < 1.29 is 0 Å². The van der Waals surface area contributed by atoms with Gasteiger partial charge in [0.25, 0.3) is 0 Å². The molecular weight excluding hydrogens is 148 g/mol. The number of aliphatic imine (C=N–C) groups is 1. The molecule has 12 heavy (non-hydrogen) atoms. The molecule has 0 unspecified atom stereocenters. The Bertz CT molecular complexity index is 87.8. The average Bonchev–Trinajstić information content (AvgIpc) is 2.20. The first-order valence-electron chi connectivity index (χ1n) is 4.65. The van der Waals surface area contributed by atoms with Gasteiger partial charge in [0.2, 0.25) is 0 Å². The van der Waals surface area contributed by atoms with Gasteiger partial charge in [-0.1, -0.05) is 34.3 Å². The molecule has 0 aliphatic rings. The lowest BCUT2D eigenvalue weighted by Gasteiger charge is -2.01. The van der Waals surface area contributed by atoms with Crippen molar-refractivity contribution in [2.45, 2.75) is 34.6 Å². The van der Waals surface area contributed by atoms with E-state index in [-0.39, 0.29) is 0 Å². The van der Waals surface area contributed by atoms with Crippen molar-refractivity contribution >= 4 is 6.34 Å². The van der Waals surface area contributed by atoms with Crippen LogP contribution in [0.2, 0.25) is 0 Å². The zero-order valence-electron chi connectivity index (χ0n) is 9.46. The van der Waals surface area contributed by atoms with Crippen LogP contribution < -0.4 is 0 Å². The minimum absolute atomic E-state index is 0.832. The summed E-state index contributed by atoms with van der Waals surface area (Å²) in [4.78, 5) is 5.78. The summed E-state index contributed by atoms with van der Waals surface area (Å²) in [6.45, 7) is 14.4. The number of hydrogen-bond donors (Lipinski definition) is 0. The summed E-state index contributed by atoms with van der Waals surface area (Å²) in [6.07, 6.45) is 3.45. The molecular formula is C10H24N2. The molecule has 0 bridgehead atoms. The number of nitrogens with zero attached hydrogens (tertiary/aromatic N) is 2. The summed E-state index contributed by atoms with van der Waals surface area (Å²) >= 11 is 0. The zero-order valence-corrected chi connectivity index (χ0v) is 9.46. The highest BCUT2D eigenvalue weighted by Crippen LogP contribution is 1.73. The van der Waals surface area contributed by atoms with Gasteiger partial charge in [-0.05, 0) is 13.1 Å². The summed E-state index contributed by atoms with van der Waals surface area (Å²) in [5, 5.41) is 0. The maximum absolute atomic E-state index is 3.97. The maximum Gasteiger partial charge on any atom is 0.0886 e. The highest BCUT2D eigenvalue weighted by molar-refractivity contribution is 5.55. The van der Waals surface area contributed by atoms with Crippen molar-refractivity contribution in [3.05, 3.63) is 12.8 Å². The molecule has 74 valence electrons. The topological polar surface area (TPSA) is 15.6 Å². The normalized spacial score (nSPS) is 7.50. The van der Waals surface area contributed by atoms with E-state index in [0.717, 1.165) is 6.54 Å². The van der Waals surface area contributed by atoms with Crippen LogP contribution in [0.25, 0.3) is 0 Å². The molecule has 0 N–H and O–H groups in total. The predicted molar refractivity (Wildman–Crippen MR) is 59.7 cm³/mol. The highest BCUT2D eigenvalue weighted by atomic mass is 15.1. The summed E-state index contributed by atoms with van der Waals surface area (Å²) in [7, 11) is 1.90. The van der Waals surface area contributed by atoms with Crippen LogP contribution in [0.5, 0.6) is 0 Å². The minimum atomic E-state index is 0.832. The lowest BCUT2D eigenvalue weighted by Crippen LogP contribution is -2.05. The molecule has 0 saturated carbocycles. The Kier molecular flexibility index (Phi) is 32.4. The van der Waals surface area contributed by atoms with Crippen LogP contribution in [0, 0.1) is 0 Å². The van der Waals surface area contributed by atoms with E-state index < -0.39 is 0 Å². The van der Waals surface area contributed by atoms with E-state index >= 15 is 0 Å². The minimum Gasteiger partial charge on any atom is -0.343 e. The van der Waals surface area contributed by atoms with Crippen LogP contribution in [0.15, 0.2) is 17.8 Å². The fraction of sp³-hybridized carbons (Fsp3) is 0.700. The summed E-state index contributed by atoms with van der Waals surface area (Å²) in [6, 6.07) is 0. The van der Waals surface area contributed by atoms with E-state index in [2.05, 4.69) is 11.6 Å². The van der Waals surface area contributed by atoms with E-state index in [0.29, 0.717) is 0 Å². The van der Waals surface area contributed by atoms with Crippen molar-refractivity contribution in [2.24, 2.45) is 4.99 Å². The Balaban J connectivity index is -0.000000175. The zero-order chi connectivity index (χ0) is 10.4. The van der Waals surface area contributed by atoms with E-state index in [1.54, 1.807) is 12.5 Å². The molecule has 2 heteroatoms. The Morgan fingerprint density at radius 1 is 1.25 bits per heavy atom. The van der Waals surface area contributed by atoms with Gasteiger partial charge in [0.15, 0.2) is 0 Å². The Morgan fingerprint density at radius 2 is 1.67 bits per heavy atom. The first kappa shape index (κ1) is 17.3. The van der Waals surface area contributed by atoms with Crippen LogP contribution >= 0.6 is 0 Å². The molecule has 0 aliphatic heterocycles. The van der Waals surface area contributed by atoms with Gasteiger partial charge in [-0.2, -0.15) is 0 Å². The van der Waals surface area contributed by atoms with Gasteiger partial charge < -0.3 is 4.90 Å². The second kappa shape index (κ2) is 22.5. The van der Waals surface area contributed by atoms with Gasteiger partial charge in [0.05, 0.1) is 6.34 Å². The fourth-order valence-corrected chi connectivity index (χ4v) is 0.258. The molecule has 0 atom stereocenters. The van der Waals surface area contributed by atoms with Crippen molar-refractivity contribution in [1.82, 2.24) is 4.90 Å². The van der Waals surface area contributed by atoms with Crippen LogP contribution in [-0.4, -0.2) is 24.8 Å². The second-order valence-corrected chi connectivity index (χ2v) is 1.46. The van der Waals surface area contributed by atoms with Gasteiger partial charge in [-0.25, -0.2) is 0 Å². The van der Waals surface area contributed by atoms with Gasteiger partial charge in [0.1, 0.15) is 0 Å². The quantitative estimate of drug-likeness (QED) is 0.471.